The van der Waals surface area contributed by atoms with Crippen molar-refractivity contribution in [1.29, 1.82) is 0 Å². The van der Waals surface area contributed by atoms with Crippen LogP contribution in [0.5, 0.6) is 0 Å². The number of carbonyl (C=O) groups excluding carboxylic acids is 1. The molecule has 158 valence electrons. The summed E-state index contributed by atoms with van der Waals surface area (Å²) in [6.45, 7) is 4.89. The third-order valence-electron chi connectivity index (χ3n) is 4.34. The van der Waals surface area contributed by atoms with Gasteiger partial charge < -0.3 is 0 Å². The summed E-state index contributed by atoms with van der Waals surface area (Å²) in [6, 6.07) is 4.20. The molecular formula is C21H21ClF2N4O2. The van der Waals surface area contributed by atoms with Crippen LogP contribution in [0, 0.1) is 24.0 Å². The van der Waals surface area contributed by atoms with Crippen molar-refractivity contribution in [2.45, 2.75) is 13.8 Å². The van der Waals surface area contributed by atoms with Gasteiger partial charge in [0.2, 0.25) is 0 Å². The molecule has 0 aromatic heterocycles. The Kier molecular flexibility index (Phi) is 7.86. The average Bonchev–Trinajstić information content (AvgIpc) is 2.72. The van der Waals surface area contributed by atoms with E-state index in [1.807, 2.05) is 13.8 Å². The second-order valence-corrected chi connectivity index (χ2v) is 6.53. The van der Waals surface area contributed by atoms with Crippen molar-refractivity contribution in [3.63, 3.8) is 0 Å². The molecule has 0 radical (unpaired) electrons. The van der Waals surface area contributed by atoms with Gasteiger partial charge in [-0.3, -0.25) is 14.6 Å². The van der Waals surface area contributed by atoms with Crippen LogP contribution in [0.1, 0.15) is 29.8 Å². The third-order valence-corrected chi connectivity index (χ3v) is 4.64. The van der Waals surface area contributed by atoms with E-state index in [4.69, 9.17) is 22.9 Å². The van der Waals surface area contributed by atoms with E-state index >= 15 is 0 Å². The predicted molar refractivity (Wildman–Crippen MR) is 111 cm³/mol. The van der Waals surface area contributed by atoms with Crippen molar-refractivity contribution >= 4 is 23.2 Å². The van der Waals surface area contributed by atoms with Gasteiger partial charge in [-0.2, -0.15) is 0 Å². The smallest absolute Gasteiger partial charge is 0.277 e. The molecular weight excluding hydrogens is 414 g/mol. The first kappa shape index (κ1) is 23.3. The standard InChI is InChI=1S/C21H21ClF2N4O2/c1-6-16-18(22)12-17(21(29)27(4)30-5)19(13-9-14(23)11-15(24)10-13)20(16)25-26-28(7-2)8-3/h1,9-12H,7-8H2,2-5H3. The highest BCUT2D eigenvalue weighted by atomic mass is 35.5. The Morgan fingerprint density at radius 3 is 2.30 bits per heavy atom. The van der Waals surface area contributed by atoms with Crippen molar-refractivity contribution in [3.8, 4) is 23.5 Å². The van der Waals surface area contributed by atoms with Crippen LogP contribution in [-0.2, 0) is 4.84 Å². The fourth-order valence-corrected chi connectivity index (χ4v) is 3.00. The Bertz CT molecular complexity index is 997. The minimum atomic E-state index is -0.827. The molecule has 0 spiro atoms. The molecule has 1 amide bonds. The number of halogens is 3. The minimum absolute atomic E-state index is 0.00171. The number of amides is 1. The van der Waals surface area contributed by atoms with E-state index in [1.54, 1.807) is 5.01 Å². The summed E-state index contributed by atoms with van der Waals surface area (Å²) < 4.78 is 28.0. The van der Waals surface area contributed by atoms with Crippen LogP contribution in [0.25, 0.3) is 11.1 Å². The first-order chi connectivity index (χ1) is 14.3. The summed E-state index contributed by atoms with van der Waals surface area (Å²) >= 11 is 6.31. The second kappa shape index (κ2) is 10.1. The van der Waals surface area contributed by atoms with Crippen molar-refractivity contribution in [1.82, 2.24) is 10.1 Å². The zero-order valence-electron chi connectivity index (χ0n) is 17.0. The molecule has 9 heteroatoms. The van der Waals surface area contributed by atoms with Crippen molar-refractivity contribution in [2.75, 3.05) is 27.2 Å². The molecule has 0 aliphatic rings. The van der Waals surface area contributed by atoms with Crippen LogP contribution in [0.3, 0.4) is 0 Å². The summed E-state index contributed by atoms with van der Waals surface area (Å²) in [6.07, 6.45) is 5.62. The molecule has 0 unspecified atom stereocenters. The monoisotopic (exact) mass is 434 g/mol. The lowest BCUT2D eigenvalue weighted by Gasteiger charge is -2.20. The first-order valence-electron chi connectivity index (χ1n) is 9.05. The summed E-state index contributed by atoms with van der Waals surface area (Å²) in [5.41, 5.74) is 0.345. The van der Waals surface area contributed by atoms with Crippen molar-refractivity contribution in [2.24, 2.45) is 10.3 Å². The lowest BCUT2D eigenvalue weighted by Crippen LogP contribution is -2.26. The fourth-order valence-electron chi connectivity index (χ4n) is 2.74. The topological polar surface area (TPSA) is 57.5 Å². The number of hydroxylamine groups is 2. The van der Waals surface area contributed by atoms with E-state index < -0.39 is 17.5 Å². The van der Waals surface area contributed by atoms with E-state index in [0.29, 0.717) is 13.1 Å². The van der Waals surface area contributed by atoms with Gasteiger partial charge in [0, 0.05) is 31.8 Å². The Hall–Kier alpha value is -3.02. The number of nitrogens with zero attached hydrogens (tertiary/aromatic N) is 4. The molecule has 2 aromatic carbocycles. The molecule has 0 fully saturated rings. The Morgan fingerprint density at radius 1 is 1.20 bits per heavy atom. The lowest BCUT2D eigenvalue weighted by molar-refractivity contribution is -0.0756. The Labute approximate surface area is 179 Å². The normalized spacial score (nSPS) is 10.9. The van der Waals surface area contributed by atoms with Crippen LogP contribution >= 0.6 is 11.6 Å². The number of benzene rings is 2. The fraction of sp³-hybridized carbons (Fsp3) is 0.286. The van der Waals surface area contributed by atoms with Crippen LogP contribution in [0.15, 0.2) is 34.6 Å². The number of rotatable bonds is 7. The molecule has 0 saturated carbocycles. The maximum Gasteiger partial charge on any atom is 0.277 e. The quantitative estimate of drug-likeness (QED) is 0.340. The van der Waals surface area contributed by atoms with E-state index in [-0.39, 0.29) is 33.0 Å². The highest BCUT2D eigenvalue weighted by Gasteiger charge is 2.25. The zero-order chi connectivity index (χ0) is 22.4. The van der Waals surface area contributed by atoms with Gasteiger partial charge in [0.15, 0.2) is 0 Å². The van der Waals surface area contributed by atoms with Gasteiger partial charge in [-0.25, -0.2) is 13.8 Å². The minimum Gasteiger partial charge on any atom is -0.279 e. The second-order valence-electron chi connectivity index (χ2n) is 6.12. The molecule has 0 bridgehead atoms. The largest absolute Gasteiger partial charge is 0.279 e. The Balaban J connectivity index is 2.94. The van der Waals surface area contributed by atoms with E-state index in [2.05, 4.69) is 16.3 Å². The van der Waals surface area contributed by atoms with Crippen molar-refractivity contribution in [3.05, 3.63) is 52.0 Å². The number of carbonyl (C=O) groups is 1. The molecule has 0 aliphatic heterocycles. The maximum atomic E-state index is 14.0. The zero-order valence-corrected chi connectivity index (χ0v) is 17.8. The molecule has 0 aliphatic carbocycles. The van der Waals surface area contributed by atoms with E-state index in [0.717, 1.165) is 23.3 Å². The van der Waals surface area contributed by atoms with Gasteiger partial charge in [-0.15, -0.1) is 11.5 Å². The predicted octanol–water partition coefficient (Wildman–Crippen LogP) is 5.24. The Morgan fingerprint density at radius 2 is 1.80 bits per heavy atom. The number of hydrogen-bond acceptors (Lipinski definition) is 4. The average molecular weight is 435 g/mol. The molecule has 0 atom stereocenters. The number of hydrogen-bond donors (Lipinski definition) is 0. The molecule has 30 heavy (non-hydrogen) atoms. The molecule has 2 aromatic rings. The summed E-state index contributed by atoms with van der Waals surface area (Å²) in [7, 11) is 2.69. The molecule has 0 heterocycles. The maximum absolute atomic E-state index is 14.0. The number of terminal acetylenes is 1. The van der Waals surface area contributed by atoms with Gasteiger partial charge in [-0.05, 0) is 37.6 Å². The highest BCUT2D eigenvalue weighted by Crippen LogP contribution is 2.41. The first-order valence-corrected chi connectivity index (χ1v) is 9.43. The van der Waals surface area contributed by atoms with Gasteiger partial charge in [0.25, 0.3) is 5.91 Å². The summed E-state index contributed by atoms with van der Waals surface area (Å²) in [4.78, 5) is 17.9. The van der Waals surface area contributed by atoms with Crippen LogP contribution in [-0.4, -0.2) is 43.2 Å². The van der Waals surface area contributed by atoms with E-state index in [9.17, 15) is 13.6 Å². The summed E-state index contributed by atoms with van der Waals surface area (Å²) in [5, 5.41) is 11.0. The van der Waals surface area contributed by atoms with Gasteiger partial charge >= 0.3 is 0 Å². The lowest BCUT2D eigenvalue weighted by atomic mass is 9.94. The van der Waals surface area contributed by atoms with Crippen molar-refractivity contribution < 1.29 is 18.4 Å². The van der Waals surface area contributed by atoms with Crippen LogP contribution in [0.2, 0.25) is 5.02 Å². The summed E-state index contributed by atoms with van der Waals surface area (Å²) in [5.74, 6) is 0.162. The van der Waals surface area contributed by atoms with Crippen LogP contribution in [0.4, 0.5) is 14.5 Å². The van der Waals surface area contributed by atoms with Crippen LogP contribution < -0.4 is 0 Å². The molecule has 2 rings (SSSR count). The highest BCUT2D eigenvalue weighted by molar-refractivity contribution is 6.33. The van der Waals surface area contributed by atoms with Gasteiger partial charge in [-0.1, -0.05) is 22.7 Å². The molecule has 0 saturated heterocycles. The van der Waals surface area contributed by atoms with E-state index in [1.165, 1.54) is 20.2 Å². The van der Waals surface area contributed by atoms with Gasteiger partial charge in [0.1, 0.15) is 17.3 Å². The molecule has 0 N–H and O–H groups in total. The molecule has 6 nitrogen and oxygen atoms in total. The third kappa shape index (κ3) is 4.93. The SMILES string of the molecule is C#Cc1c(Cl)cc(C(=O)N(C)OC)c(-c2cc(F)cc(F)c2)c1N=NN(CC)CC. The van der Waals surface area contributed by atoms with Gasteiger partial charge in [0.05, 0.1) is 23.3 Å².